The Labute approximate surface area is 165 Å². The van der Waals surface area contributed by atoms with Gasteiger partial charge in [-0.05, 0) is 56.6 Å². The Morgan fingerprint density at radius 2 is 2.11 bits per heavy atom. The molecule has 1 spiro atoms. The maximum atomic E-state index is 13.3. The smallest absolute Gasteiger partial charge is 0.274 e. The second kappa shape index (κ2) is 6.61. The van der Waals surface area contributed by atoms with Crippen molar-refractivity contribution in [2.45, 2.75) is 45.4 Å². The molecule has 3 fully saturated rings. The SMILES string of the molecule is Cc1cccn2cc(C(=O)N3CCC4(CCCN(CC5CCC5)C4=O)C3)nc12. The second-order valence-corrected chi connectivity index (χ2v) is 8.96. The molecule has 1 unspecified atom stereocenters. The van der Waals surface area contributed by atoms with Gasteiger partial charge in [0.25, 0.3) is 5.91 Å². The van der Waals surface area contributed by atoms with E-state index >= 15 is 0 Å². The lowest BCUT2D eigenvalue weighted by molar-refractivity contribution is -0.146. The molecule has 0 N–H and O–H groups in total. The lowest BCUT2D eigenvalue weighted by atomic mass is 9.77. The molecular weight excluding hydrogens is 352 g/mol. The van der Waals surface area contributed by atoms with Crippen LogP contribution >= 0.6 is 0 Å². The van der Waals surface area contributed by atoms with Crippen LogP contribution in [0, 0.1) is 18.3 Å². The molecule has 1 atom stereocenters. The van der Waals surface area contributed by atoms with Gasteiger partial charge in [0.15, 0.2) is 0 Å². The van der Waals surface area contributed by atoms with Crippen molar-refractivity contribution < 1.29 is 9.59 Å². The van der Waals surface area contributed by atoms with Crippen molar-refractivity contribution in [2.24, 2.45) is 11.3 Å². The lowest BCUT2D eigenvalue weighted by Crippen LogP contribution is -2.52. The zero-order chi connectivity index (χ0) is 19.3. The third-order valence-corrected chi connectivity index (χ3v) is 7.07. The largest absolute Gasteiger partial charge is 0.342 e. The van der Waals surface area contributed by atoms with E-state index in [0.29, 0.717) is 24.7 Å². The average molecular weight is 380 g/mol. The minimum atomic E-state index is -0.368. The standard InChI is InChI=1S/C22H28N4O2/c1-16-5-3-10-24-14-18(23-19(16)24)20(27)26-12-9-22(15-26)8-4-11-25(21(22)28)13-17-6-2-7-17/h3,5,10,14,17H,2,4,6-9,11-13,15H2,1H3. The van der Waals surface area contributed by atoms with E-state index in [1.807, 2.05) is 34.6 Å². The number of piperidine rings is 1. The molecule has 0 bridgehead atoms. The summed E-state index contributed by atoms with van der Waals surface area (Å²) in [6, 6.07) is 3.96. The van der Waals surface area contributed by atoms with Crippen molar-refractivity contribution in [1.29, 1.82) is 0 Å². The number of pyridine rings is 1. The highest BCUT2D eigenvalue weighted by Crippen LogP contribution is 2.41. The van der Waals surface area contributed by atoms with Gasteiger partial charge >= 0.3 is 0 Å². The number of nitrogens with zero attached hydrogens (tertiary/aromatic N) is 4. The second-order valence-electron chi connectivity index (χ2n) is 8.96. The van der Waals surface area contributed by atoms with E-state index in [0.717, 1.165) is 43.6 Å². The zero-order valence-electron chi connectivity index (χ0n) is 16.6. The van der Waals surface area contributed by atoms with Crippen molar-refractivity contribution in [3.8, 4) is 0 Å². The molecule has 2 aromatic heterocycles. The fraction of sp³-hybridized carbons (Fsp3) is 0.591. The van der Waals surface area contributed by atoms with Crippen LogP contribution in [0.4, 0.5) is 0 Å². The Kier molecular flexibility index (Phi) is 4.18. The summed E-state index contributed by atoms with van der Waals surface area (Å²) in [6.45, 7) is 4.99. The van der Waals surface area contributed by atoms with Crippen LogP contribution in [0.25, 0.3) is 5.65 Å². The van der Waals surface area contributed by atoms with Gasteiger partial charge in [-0.15, -0.1) is 0 Å². The third kappa shape index (κ3) is 2.81. The third-order valence-electron chi connectivity index (χ3n) is 7.07. The van der Waals surface area contributed by atoms with Gasteiger partial charge in [0.2, 0.25) is 5.91 Å². The summed E-state index contributed by atoms with van der Waals surface area (Å²) in [5, 5.41) is 0. The monoisotopic (exact) mass is 380 g/mol. The molecule has 2 saturated heterocycles. The molecule has 2 aromatic rings. The average Bonchev–Trinajstić information content (AvgIpc) is 3.27. The van der Waals surface area contributed by atoms with Crippen LogP contribution in [-0.2, 0) is 4.79 Å². The van der Waals surface area contributed by atoms with Gasteiger partial charge in [0.05, 0.1) is 5.41 Å². The van der Waals surface area contributed by atoms with Gasteiger partial charge in [-0.1, -0.05) is 12.5 Å². The predicted molar refractivity (Wildman–Crippen MR) is 106 cm³/mol. The molecule has 0 radical (unpaired) electrons. The highest BCUT2D eigenvalue weighted by molar-refractivity contribution is 5.94. The first-order valence-electron chi connectivity index (χ1n) is 10.6. The Balaban J connectivity index is 1.33. The van der Waals surface area contributed by atoms with Crippen molar-refractivity contribution in [2.75, 3.05) is 26.2 Å². The number of hydrogen-bond donors (Lipinski definition) is 0. The van der Waals surface area contributed by atoms with E-state index in [1.165, 1.54) is 19.3 Å². The molecule has 4 heterocycles. The van der Waals surface area contributed by atoms with Gasteiger partial charge in [0, 0.05) is 38.6 Å². The number of aryl methyl sites for hydroxylation is 1. The molecule has 148 valence electrons. The number of rotatable bonds is 3. The minimum absolute atomic E-state index is 0.0520. The van der Waals surface area contributed by atoms with Crippen LogP contribution in [0.5, 0.6) is 0 Å². The molecule has 1 saturated carbocycles. The maximum absolute atomic E-state index is 13.3. The van der Waals surface area contributed by atoms with Crippen molar-refractivity contribution in [1.82, 2.24) is 19.2 Å². The molecule has 28 heavy (non-hydrogen) atoms. The molecule has 6 nitrogen and oxygen atoms in total. The maximum Gasteiger partial charge on any atom is 0.274 e. The van der Waals surface area contributed by atoms with E-state index in [-0.39, 0.29) is 17.2 Å². The van der Waals surface area contributed by atoms with Gasteiger partial charge in [-0.2, -0.15) is 0 Å². The van der Waals surface area contributed by atoms with E-state index in [1.54, 1.807) is 6.20 Å². The van der Waals surface area contributed by atoms with Crippen molar-refractivity contribution in [3.63, 3.8) is 0 Å². The number of amides is 2. The predicted octanol–water partition coefficient (Wildman–Crippen LogP) is 2.90. The normalized spacial score (nSPS) is 25.7. The van der Waals surface area contributed by atoms with Gasteiger partial charge in [-0.25, -0.2) is 4.98 Å². The van der Waals surface area contributed by atoms with Crippen LogP contribution in [0.1, 0.15) is 54.6 Å². The topological polar surface area (TPSA) is 57.9 Å². The number of hydrogen-bond acceptors (Lipinski definition) is 3. The Morgan fingerprint density at radius 3 is 2.86 bits per heavy atom. The van der Waals surface area contributed by atoms with Gasteiger partial charge < -0.3 is 14.2 Å². The molecule has 6 heteroatoms. The van der Waals surface area contributed by atoms with E-state index < -0.39 is 0 Å². The summed E-state index contributed by atoms with van der Waals surface area (Å²) in [7, 11) is 0. The van der Waals surface area contributed by atoms with Crippen molar-refractivity contribution in [3.05, 3.63) is 35.8 Å². The summed E-state index contributed by atoms with van der Waals surface area (Å²) in [5.41, 5.74) is 1.97. The number of imidazole rings is 1. The number of aromatic nitrogens is 2. The fourth-order valence-corrected chi connectivity index (χ4v) is 5.16. The van der Waals surface area contributed by atoms with Crippen LogP contribution in [0.15, 0.2) is 24.5 Å². The van der Waals surface area contributed by atoms with E-state index in [4.69, 9.17) is 0 Å². The molecular formula is C22H28N4O2. The number of carbonyl (C=O) groups is 2. The summed E-state index contributed by atoms with van der Waals surface area (Å²) >= 11 is 0. The summed E-state index contributed by atoms with van der Waals surface area (Å²) < 4.78 is 1.90. The fourth-order valence-electron chi connectivity index (χ4n) is 5.16. The van der Waals surface area contributed by atoms with Gasteiger partial charge in [-0.3, -0.25) is 9.59 Å². The highest BCUT2D eigenvalue weighted by atomic mass is 16.2. The number of fused-ring (bicyclic) bond motifs is 1. The molecule has 0 aromatic carbocycles. The first-order chi connectivity index (χ1) is 13.6. The highest BCUT2D eigenvalue weighted by Gasteiger charge is 2.50. The van der Waals surface area contributed by atoms with Gasteiger partial charge in [0.1, 0.15) is 11.3 Å². The Hall–Kier alpha value is -2.37. The molecule has 2 aliphatic heterocycles. The summed E-state index contributed by atoms with van der Waals surface area (Å²) in [5.74, 6) is 0.926. The summed E-state index contributed by atoms with van der Waals surface area (Å²) in [6.07, 6.45) is 10.3. The van der Waals surface area contributed by atoms with Crippen molar-refractivity contribution >= 4 is 17.5 Å². The van der Waals surface area contributed by atoms with Crippen LogP contribution in [0.2, 0.25) is 0 Å². The number of likely N-dealkylation sites (tertiary alicyclic amines) is 2. The van der Waals surface area contributed by atoms with Crippen LogP contribution in [-0.4, -0.2) is 57.2 Å². The first-order valence-corrected chi connectivity index (χ1v) is 10.6. The Bertz CT molecular complexity index is 932. The van der Waals surface area contributed by atoms with Crippen LogP contribution in [0.3, 0.4) is 0 Å². The Morgan fingerprint density at radius 1 is 1.25 bits per heavy atom. The quantitative estimate of drug-likeness (QED) is 0.823. The molecule has 5 rings (SSSR count). The first kappa shape index (κ1) is 17.7. The lowest BCUT2D eigenvalue weighted by Gasteiger charge is -2.42. The van der Waals surface area contributed by atoms with E-state index in [9.17, 15) is 9.59 Å². The zero-order valence-corrected chi connectivity index (χ0v) is 16.6. The van der Waals surface area contributed by atoms with E-state index in [2.05, 4.69) is 9.88 Å². The molecule has 1 aliphatic carbocycles. The minimum Gasteiger partial charge on any atom is -0.342 e. The number of carbonyl (C=O) groups excluding carboxylic acids is 2. The summed E-state index contributed by atoms with van der Waals surface area (Å²) in [4.78, 5) is 34.9. The molecule has 3 aliphatic rings. The molecule has 2 amide bonds. The van der Waals surface area contributed by atoms with Crippen LogP contribution < -0.4 is 0 Å².